The Morgan fingerprint density at radius 1 is 1.37 bits per heavy atom. The number of imidazole rings is 1. The van der Waals surface area contributed by atoms with Crippen molar-refractivity contribution in [2.24, 2.45) is 4.99 Å². The highest BCUT2D eigenvalue weighted by Crippen LogP contribution is 2.25. The van der Waals surface area contributed by atoms with Crippen molar-refractivity contribution in [1.82, 2.24) is 34.8 Å². The average Bonchev–Trinajstić information content (AvgIpc) is 3.19. The number of aromatic amines is 2. The second-order valence-corrected chi connectivity index (χ2v) is 9.70. The smallest absolute Gasteiger partial charge is 0.326 e. The third-order valence-corrected chi connectivity index (χ3v) is 6.49. The lowest BCUT2D eigenvalue weighted by Crippen LogP contribution is -2.26. The van der Waals surface area contributed by atoms with Gasteiger partial charge < -0.3 is 20.3 Å². The molecular formula is C23H26N8O3S. The van der Waals surface area contributed by atoms with E-state index >= 15 is 0 Å². The maximum atomic E-state index is 12.6. The molecular weight excluding hydrogens is 468 g/mol. The van der Waals surface area contributed by atoms with Gasteiger partial charge >= 0.3 is 5.69 Å². The van der Waals surface area contributed by atoms with Crippen LogP contribution >= 0.6 is 11.3 Å². The van der Waals surface area contributed by atoms with Gasteiger partial charge in [0.05, 0.1) is 22.8 Å². The SMILES string of the molecule is CN(C)CCCNC(=O)c1cc(-c2cc(=NC3CC3)n3nc/c(=C/c4[nH]c(=O)[nH]c4O)c3n2)cs1. The molecule has 0 saturated heterocycles. The number of H-pyrrole nitrogens is 2. The lowest BCUT2D eigenvalue weighted by Gasteiger charge is -2.09. The molecule has 0 bridgehead atoms. The second-order valence-electron chi connectivity index (χ2n) is 8.79. The molecule has 0 aromatic carbocycles. The van der Waals surface area contributed by atoms with E-state index in [1.165, 1.54) is 11.3 Å². The van der Waals surface area contributed by atoms with Crippen LogP contribution in [0.1, 0.15) is 34.6 Å². The highest BCUT2D eigenvalue weighted by atomic mass is 32.1. The first-order chi connectivity index (χ1) is 16.9. The summed E-state index contributed by atoms with van der Waals surface area (Å²) in [6.07, 6.45) is 6.17. The van der Waals surface area contributed by atoms with Gasteiger partial charge in [0.2, 0.25) is 5.88 Å². The van der Waals surface area contributed by atoms with Crippen LogP contribution in [-0.4, -0.2) is 73.7 Å². The predicted molar refractivity (Wildman–Crippen MR) is 132 cm³/mol. The summed E-state index contributed by atoms with van der Waals surface area (Å²) in [4.78, 5) is 41.2. The Morgan fingerprint density at radius 3 is 2.91 bits per heavy atom. The zero-order valence-corrected chi connectivity index (χ0v) is 20.2. The number of carbonyl (C=O) groups excluding carboxylic acids is 1. The molecule has 1 aliphatic carbocycles. The second kappa shape index (κ2) is 9.47. The molecule has 4 aromatic heterocycles. The predicted octanol–water partition coefficient (Wildman–Crippen LogP) is 0.472. The Kier molecular flexibility index (Phi) is 6.22. The summed E-state index contributed by atoms with van der Waals surface area (Å²) >= 11 is 1.37. The zero-order valence-electron chi connectivity index (χ0n) is 19.4. The number of hydrogen-bond acceptors (Lipinski definition) is 8. The topological polar surface area (TPSA) is 144 Å². The van der Waals surface area contributed by atoms with Crippen LogP contribution < -0.4 is 21.7 Å². The fourth-order valence-corrected chi connectivity index (χ4v) is 4.43. The van der Waals surface area contributed by atoms with E-state index in [1.54, 1.807) is 16.8 Å². The van der Waals surface area contributed by atoms with Crippen molar-refractivity contribution in [2.75, 3.05) is 27.2 Å². The minimum atomic E-state index is -0.505. The molecule has 11 nitrogen and oxygen atoms in total. The van der Waals surface area contributed by atoms with Crippen LogP contribution in [-0.2, 0) is 0 Å². The molecule has 1 fully saturated rings. The first kappa shape index (κ1) is 23.0. The number of carbonyl (C=O) groups is 1. The minimum Gasteiger partial charge on any atom is -0.493 e. The number of amides is 1. The van der Waals surface area contributed by atoms with Crippen molar-refractivity contribution in [3.63, 3.8) is 0 Å². The number of aromatic nitrogens is 5. The van der Waals surface area contributed by atoms with E-state index in [0.29, 0.717) is 33.5 Å². The van der Waals surface area contributed by atoms with Crippen molar-refractivity contribution in [1.29, 1.82) is 0 Å². The van der Waals surface area contributed by atoms with E-state index in [0.717, 1.165) is 31.4 Å². The molecule has 0 unspecified atom stereocenters. The van der Waals surface area contributed by atoms with Gasteiger partial charge in [-0.05, 0) is 52.0 Å². The largest absolute Gasteiger partial charge is 0.493 e. The maximum Gasteiger partial charge on any atom is 0.326 e. The Hall–Kier alpha value is -3.77. The van der Waals surface area contributed by atoms with Gasteiger partial charge in [0, 0.05) is 28.8 Å². The summed E-state index contributed by atoms with van der Waals surface area (Å²) in [7, 11) is 4.01. The van der Waals surface area contributed by atoms with Crippen LogP contribution in [0.4, 0.5) is 0 Å². The third-order valence-electron chi connectivity index (χ3n) is 5.56. The van der Waals surface area contributed by atoms with Gasteiger partial charge in [-0.1, -0.05) is 0 Å². The quantitative estimate of drug-likeness (QED) is 0.262. The normalized spacial score (nSPS) is 14.9. The van der Waals surface area contributed by atoms with Gasteiger partial charge in [0.1, 0.15) is 5.69 Å². The van der Waals surface area contributed by atoms with Crippen LogP contribution in [0, 0.1) is 0 Å². The number of nitrogens with zero attached hydrogens (tertiary/aromatic N) is 5. The molecule has 12 heteroatoms. The van der Waals surface area contributed by atoms with Gasteiger partial charge in [-0.25, -0.2) is 9.78 Å². The monoisotopic (exact) mass is 494 g/mol. The minimum absolute atomic E-state index is 0.103. The molecule has 0 spiro atoms. The first-order valence-electron chi connectivity index (χ1n) is 11.3. The summed E-state index contributed by atoms with van der Waals surface area (Å²) in [6, 6.07) is 3.97. The van der Waals surface area contributed by atoms with E-state index < -0.39 is 5.69 Å². The Balaban J connectivity index is 1.51. The molecule has 5 rings (SSSR count). The number of aromatic hydroxyl groups is 1. The van der Waals surface area contributed by atoms with Gasteiger partial charge in [0.25, 0.3) is 5.91 Å². The highest BCUT2D eigenvalue weighted by molar-refractivity contribution is 7.12. The maximum absolute atomic E-state index is 12.6. The fraction of sp³-hybridized carbons (Fsp3) is 0.348. The van der Waals surface area contributed by atoms with E-state index in [9.17, 15) is 14.7 Å². The molecule has 4 heterocycles. The van der Waals surface area contributed by atoms with E-state index in [-0.39, 0.29) is 23.5 Å². The third kappa shape index (κ3) is 5.17. The molecule has 182 valence electrons. The fourth-order valence-electron chi connectivity index (χ4n) is 3.62. The molecule has 1 aliphatic rings. The first-order valence-corrected chi connectivity index (χ1v) is 12.2. The van der Waals surface area contributed by atoms with Crippen molar-refractivity contribution >= 4 is 29.0 Å². The summed E-state index contributed by atoms with van der Waals surface area (Å²) in [5.41, 5.74) is 2.41. The molecule has 4 N–H and O–H groups in total. The van der Waals surface area contributed by atoms with Gasteiger partial charge in [0.15, 0.2) is 11.1 Å². The summed E-state index contributed by atoms with van der Waals surface area (Å²) in [6.45, 7) is 1.52. The standard InChI is InChI=1S/C23H26N8O3S/c1-30(2)7-3-6-24-22(33)18-9-14(12-35-18)16-10-19(26-15-4-5-15)31-20(27-16)13(11-25-31)8-17-21(32)29-23(34)28-17/h8-12,15,32H,3-7H2,1-2H3,(H,24,33)(H2,28,29,34)/b13-8-,26-19?. The van der Waals surface area contributed by atoms with Crippen LogP contribution in [0.2, 0.25) is 0 Å². The van der Waals surface area contributed by atoms with Gasteiger partial charge in [-0.3, -0.25) is 14.8 Å². The van der Waals surface area contributed by atoms with E-state index in [1.807, 2.05) is 31.6 Å². The van der Waals surface area contributed by atoms with Gasteiger partial charge in [-0.2, -0.15) is 9.61 Å². The molecule has 0 atom stereocenters. The lowest BCUT2D eigenvalue weighted by atomic mass is 10.2. The van der Waals surface area contributed by atoms with Crippen LogP contribution in [0.15, 0.2) is 33.5 Å². The van der Waals surface area contributed by atoms with Crippen LogP contribution in [0.3, 0.4) is 0 Å². The molecule has 0 radical (unpaired) electrons. The lowest BCUT2D eigenvalue weighted by molar-refractivity contribution is 0.0956. The van der Waals surface area contributed by atoms with Crippen LogP contribution in [0.25, 0.3) is 23.0 Å². The van der Waals surface area contributed by atoms with Crippen molar-refractivity contribution < 1.29 is 9.90 Å². The van der Waals surface area contributed by atoms with E-state index in [2.05, 4.69) is 25.3 Å². The summed E-state index contributed by atoms with van der Waals surface area (Å²) in [5, 5.41) is 19.9. The molecule has 4 aromatic rings. The van der Waals surface area contributed by atoms with Gasteiger partial charge in [-0.15, -0.1) is 11.3 Å². The average molecular weight is 495 g/mol. The zero-order chi connectivity index (χ0) is 24.5. The van der Waals surface area contributed by atoms with Crippen LogP contribution in [0.5, 0.6) is 5.88 Å². The number of fused-ring (bicyclic) bond motifs is 1. The van der Waals surface area contributed by atoms with Crippen molar-refractivity contribution in [2.45, 2.75) is 25.3 Å². The molecule has 1 amide bonds. The Bertz CT molecular complexity index is 1560. The number of rotatable bonds is 8. The number of hydrogen-bond donors (Lipinski definition) is 4. The van der Waals surface area contributed by atoms with Crippen molar-refractivity contribution in [3.8, 4) is 17.1 Å². The summed E-state index contributed by atoms with van der Waals surface area (Å²) < 4.78 is 1.65. The Morgan fingerprint density at radius 2 is 2.20 bits per heavy atom. The van der Waals surface area contributed by atoms with E-state index in [4.69, 9.17) is 9.98 Å². The molecule has 0 aliphatic heterocycles. The molecule has 1 saturated carbocycles. The molecule has 35 heavy (non-hydrogen) atoms. The number of nitrogens with one attached hydrogen (secondary N) is 3. The Labute approximate surface area is 203 Å². The highest BCUT2D eigenvalue weighted by Gasteiger charge is 2.21. The summed E-state index contributed by atoms with van der Waals surface area (Å²) in [5.74, 6) is -0.360. The number of thiophene rings is 1. The van der Waals surface area contributed by atoms with Crippen molar-refractivity contribution in [3.05, 3.63) is 55.5 Å².